The average molecular weight is 995 g/mol. The zero-order valence-electron chi connectivity index (χ0n) is 43.9. The van der Waals surface area contributed by atoms with Gasteiger partial charge in [0.15, 0.2) is 0 Å². The van der Waals surface area contributed by atoms with Crippen molar-refractivity contribution in [2.75, 3.05) is 14.2 Å². The van der Waals surface area contributed by atoms with E-state index in [1.54, 1.807) is 0 Å². The van der Waals surface area contributed by atoms with Crippen LogP contribution < -0.4 is 15.9 Å². The Morgan fingerprint density at radius 2 is 0.819 bits per heavy atom. The Hall–Kier alpha value is -5.66. The molecule has 0 spiro atoms. The monoisotopic (exact) mass is 995 g/mol. The summed E-state index contributed by atoms with van der Waals surface area (Å²) in [5.41, 5.74) is 8.09. The van der Waals surface area contributed by atoms with Gasteiger partial charge in [-0.25, -0.2) is 0 Å². The van der Waals surface area contributed by atoms with Crippen molar-refractivity contribution in [1.82, 2.24) is 0 Å². The Balaban J connectivity index is 1.11. The SMILES string of the molecule is CCC(C)(CC(CC(C)c1ccc(C(C)CC(CC(C)(CC)C(=O)OC)c2ccc(C(Pc3ccccc3)c3ccccc3)cc2)cc1)c1ccc(CP(c2ccccc2)c2ccccc2)cc1)C(=O)OC. The molecule has 0 amide bonds. The molecule has 0 radical (unpaired) electrons. The molecule has 0 aliphatic heterocycles. The van der Waals surface area contributed by atoms with Crippen LogP contribution >= 0.6 is 16.5 Å². The lowest BCUT2D eigenvalue weighted by molar-refractivity contribution is -0.153. The first kappa shape index (κ1) is 54.1. The predicted octanol–water partition coefficient (Wildman–Crippen LogP) is 15.9. The van der Waals surface area contributed by atoms with Gasteiger partial charge in [0, 0.05) is 11.8 Å². The summed E-state index contributed by atoms with van der Waals surface area (Å²) in [4.78, 5) is 26.7. The van der Waals surface area contributed by atoms with Crippen LogP contribution in [0, 0.1) is 10.8 Å². The van der Waals surface area contributed by atoms with E-state index in [4.69, 9.17) is 9.47 Å². The first-order chi connectivity index (χ1) is 34.9. The van der Waals surface area contributed by atoms with Crippen LogP contribution in [0.5, 0.6) is 0 Å². The normalized spacial score (nSPS) is 15.5. The summed E-state index contributed by atoms with van der Waals surface area (Å²) in [6, 6.07) is 71.2. The molecule has 7 aromatic rings. The van der Waals surface area contributed by atoms with E-state index >= 15 is 0 Å². The number of hydrogen-bond donors (Lipinski definition) is 0. The lowest BCUT2D eigenvalue weighted by atomic mass is 9.72. The van der Waals surface area contributed by atoms with Crippen molar-refractivity contribution in [3.05, 3.63) is 233 Å². The second kappa shape index (κ2) is 25.8. The number of rotatable bonds is 24. The van der Waals surface area contributed by atoms with Crippen molar-refractivity contribution in [2.45, 2.75) is 116 Å². The first-order valence-electron chi connectivity index (χ1n) is 26.1. The Kier molecular flexibility index (Phi) is 19.4. The van der Waals surface area contributed by atoms with Gasteiger partial charge in [0.25, 0.3) is 0 Å². The Morgan fingerprint density at radius 3 is 1.22 bits per heavy atom. The largest absolute Gasteiger partial charge is 0.469 e. The van der Waals surface area contributed by atoms with Crippen LogP contribution in [-0.4, -0.2) is 26.2 Å². The summed E-state index contributed by atoms with van der Waals surface area (Å²) in [7, 11) is 3.06. The average Bonchev–Trinajstić information content (AvgIpc) is 3.44. The highest BCUT2D eigenvalue weighted by molar-refractivity contribution is 7.72. The fraction of sp³-hybridized carbons (Fsp3) is 0.333. The third kappa shape index (κ3) is 13.9. The molecule has 0 fully saturated rings. The van der Waals surface area contributed by atoms with Gasteiger partial charge < -0.3 is 9.47 Å². The molecule has 0 aliphatic carbocycles. The summed E-state index contributed by atoms with van der Waals surface area (Å²) in [6.07, 6.45) is 5.59. The van der Waals surface area contributed by atoms with E-state index in [0.29, 0.717) is 34.3 Å². The minimum atomic E-state index is -0.607. The van der Waals surface area contributed by atoms with Crippen LogP contribution in [0.3, 0.4) is 0 Å². The summed E-state index contributed by atoms with van der Waals surface area (Å²) in [5.74, 6) is 0.497. The maximum Gasteiger partial charge on any atom is 0.311 e. The molecule has 0 bridgehead atoms. The van der Waals surface area contributed by atoms with Crippen molar-refractivity contribution in [3.63, 3.8) is 0 Å². The summed E-state index contributed by atoms with van der Waals surface area (Å²) in [5, 5.41) is 4.10. The molecule has 4 nitrogen and oxygen atoms in total. The van der Waals surface area contributed by atoms with Crippen molar-refractivity contribution >= 4 is 44.4 Å². The number of carbonyl (C=O) groups excluding carboxylic acids is 2. The van der Waals surface area contributed by atoms with Gasteiger partial charge in [-0.3, -0.25) is 9.59 Å². The third-order valence-electron chi connectivity index (χ3n) is 15.5. The zero-order chi connectivity index (χ0) is 51.1. The van der Waals surface area contributed by atoms with Crippen molar-refractivity contribution < 1.29 is 19.1 Å². The second-order valence-electron chi connectivity index (χ2n) is 20.6. The van der Waals surface area contributed by atoms with Gasteiger partial charge in [0.05, 0.1) is 25.0 Å². The number of benzene rings is 7. The van der Waals surface area contributed by atoms with E-state index < -0.39 is 18.8 Å². The Bertz CT molecular complexity index is 2690. The number of esters is 2. The van der Waals surface area contributed by atoms with Crippen LogP contribution in [-0.2, 0) is 25.2 Å². The highest BCUT2D eigenvalue weighted by Crippen LogP contribution is 2.46. The molecular formula is C66H76O4P2. The molecule has 0 saturated heterocycles. The number of methoxy groups -OCH3 is 2. The molecule has 0 aromatic heterocycles. The molecule has 374 valence electrons. The number of hydrogen-bond acceptors (Lipinski definition) is 4. The molecule has 0 saturated carbocycles. The van der Waals surface area contributed by atoms with Crippen LogP contribution in [0.1, 0.15) is 148 Å². The summed E-state index contributed by atoms with van der Waals surface area (Å²) < 4.78 is 10.8. The quantitative estimate of drug-likeness (QED) is 0.0447. The molecule has 7 rings (SSSR count). The molecule has 7 aromatic carbocycles. The minimum Gasteiger partial charge on any atom is -0.469 e. The molecule has 0 heterocycles. The van der Waals surface area contributed by atoms with Crippen LogP contribution in [0.4, 0.5) is 0 Å². The molecule has 72 heavy (non-hydrogen) atoms. The maximum atomic E-state index is 13.4. The maximum absolute atomic E-state index is 13.4. The van der Waals surface area contributed by atoms with E-state index in [1.807, 2.05) is 0 Å². The fourth-order valence-electron chi connectivity index (χ4n) is 10.6. The summed E-state index contributed by atoms with van der Waals surface area (Å²) in [6.45, 7) is 13.0. The van der Waals surface area contributed by atoms with Crippen molar-refractivity contribution in [2.24, 2.45) is 10.8 Å². The van der Waals surface area contributed by atoms with Gasteiger partial charge in [0.1, 0.15) is 0 Å². The number of carbonyl (C=O) groups is 2. The highest BCUT2D eigenvalue weighted by Gasteiger charge is 2.38. The van der Waals surface area contributed by atoms with Gasteiger partial charge in [-0.15, -0.1) is 0 Å². The zero-order valence-corrected chi connectivity index (χ0v) is 45.8. The van der Waals surface area contributed by atoms with Crippen LogP contribution in [0.2, 0.25) is 0 Å². The van der Waals surface area contributed by atoms with Gasteiger partial charge in [-0.05, 0) is 139 Å². The third-order valence-corrected chi connectivity index (χ3v) is 19.7. The van der Waals surface area contributed by atoms with Gasteiger partial charge >= 0.3 is 11.9 Å². The molecule has 0 aliphatic rings. The Labute approximate surface area is 434 Å². The van der Waals surface area contributed by atoms with E-state index in [-0.39, 0.29) is 41.3 Å². The van der Waals surface area contributed by atoms with Gasteiger partial charge in [-0.1, -0.05) is 230 Å². The molecule has 0 N–H and O–H groups in total. The van der Waals surface area contributed by atoms with Crippen molar-refractivity contribution in [3.8, 4) is 0 Å². The fourth-order valence-corrected chi connectivity index (χ4v) is 14.3. The van der Waals surface area contributed by atoms with E-state index in [9.17, 15) is 9.59 Å². The highest BCUT2D eigenvalue weighted by atomic mass is 31.1. The van der Waals surface area contributed by atoms with E-state index in [0.717, 1.165) is 19.0 Å². The summed E-state index contributed by atoms with van der Waals surface area (Å²) >= 11 is 0. The second-order valence-corrected chi connectivity index (χ2v) is 24.2. The van der Waals surface area contributed by atoms with Gasteiger partial charge in [-0.2, -0.15) is 0 Å². The standard InChI is InChI=1S/C66H76O4P2/c1-9-65(5,63(67)69-7)45-57(53-33-31-50(32-34-53)47-72(60-27-19-13-20-28-60)61-29-21-14-22-30-61)43-48(3)51-35-37-52(38-36-51)49(4)44-58(46-66(6,10-2)64(68)70-8)54-39-41-56(42-40-54)62(55-23-15-11-16-24-55)71-59-25-17-12-18-26-59/h11-42,48-49,57-58,62,71H,9-10,43-47H2,1-8H3. The van der Waals surface area contributed by atoms with Crippen molar-refractivity contribution in [1.29, 1.82) is 0 Å². The molecule has 8 unspecified atom stereocenters. The molecular weight excluding hydrogens is 919 g/mol. The smallest absolute Gasteiger partial charge is 0.311 e. The van der Waals surface area contributed by atoms with Crippen LogP contribution in [0.25, 0.3) is 0 Å². The van der Waals surface area contributed by atoms with E-state index in [2.05, 4.69) is 236 Å². The van der Waals surface area contributed by atoms with Gasteiger partial charge in [0.2, 0.25) is 0 Å². The lowest BCUT2D eigenvalue weighted by Gasteiger charge is -2.32. The first-order valence-corrected chi connectivity index (χ1v) is 28.7. The van der Waals surface area contributed by atoms with Crippen LogP contribution in [0.15, 0.2) is 194 Å². The molecule has 6 heteroatoms. The number of ether oxygens (including phenoxy) is 2. The predicted molar refractivity (Wildman–Crippen MR) is 306 cm³/mol. The topological polar surface area (TPSA) is 52.6 Å². The lowest BCUT2D eigenvalue weighted by Crippen LogP contribution is -2.31. The van der Waals surface area contributed by atoms with E-state index in [1.165, 1.54) is 69.1 Å². The minimum absolute atomic E-state index is 0.141. The molecule has 8 atom stereocenters. The Morgan fingerprint density at radius 1 is 0.472 bits per heavy atom.